The molecule has 2 aromatic heterocycles. The van der Waals surface area contributed by atoms with Crippen LogP contribution in [0.2, 0.25) is 0 Å². The molecule has 2 N–H and O–H groups in total. The molecule has 1 fully saturated rings. The Kier molecular flexibility index (Phi) is 3.49. The predicted octanol–water partition coefficient (Wildman–Crippen LogP) is 1.70. The van der Waals surface area contributed by atoms with E-state index >= 15 is 0 Å². The molecule has 106 valence electrons. The second kappa shape index (κ2) is 5.44. The van der Waals surface area contributed by atoms with E-state index in [2.05, 4.69) is 37.6 Å². The van der Waals surface area contributed by atoms with E-state index in [-0.39, 0.29) is 0 Å². The standard InChI is InChI=1S/C13H19N7/c1-9(10-5-3-6-10)16-12-17-11(14-2)18-13(19-12)20-8-4-7-15-20/h4,7-10H,3,5-6H2,1-2H3,(H2,14,16,17,18,19). The number of hydrogen-bond acceptors (Lipinski definition) is 6. The van der Waals surface area contributed by atoms with Crippen molar-refractivity contribution in [1.82, 2.24) is 24.7 Å². The Balaban J connectivity index is 1.84. The Hall–Kier alpha value is -2.18. The maximum absolute atomic E-state index is 4.43. The lowest BCUT2D eigenvalue weighted by Gasteiger charge is -2.31. The molecule has 1 saturated carbocycles. The van der Waals surface area contributed by atoms with Crippen LogP contribution in [0.1, 0.15) is 26.2 Å². The van der Waals surface area contributed by atoms with E-state index in [1.807, 2.05) is 12.3 Å². The van der Waals surface area contributed by atoms with Gasteiger partial charge < -0.3 is 10.6 Å². The molecule has 1 unspecified atom stereocenters. The van der Waals surface area contributed by atoms with Crippen LogP contribution in [0.3, 0.4) is 0 Å². The molecular formula is C13H19N7. The molecule has 7 nitrogen and oxygen atoms in total. The van der Waals surface area contributed by atoms with E-state index in [0.29, 0.717) is 23.9 Å². The molecule has 1 aliphatic rings. The monoisotopic (exact) mass is 273 g/mol. The summed E-state index contributed by atoms with van der Waals surface area (Å²) < 4.78 is 1.63. The number of aromatic nitrogens is 5. The quantitative estimate of drug-likeness (QED) is 0.863. The van der Waals surface area contributed by atoms with Gasteiger partial charge in [-0.3, -0.25) is 0 Å². The van der Waals surface area contributed by atoms with E-state index in [1.54, 1.807) is 17.9 Å². The van der Waals surface area contributed by atoms with Gasteiger partial charge in [-0.05, 0) is 31.7 Å². The van der Waals surface area contributed by atoms with Crippen LogP contribution in [0.15, 0.2) is 18.5 Å². The summed E-state index contributed by atoms with van der Waals surface area (Å²) in [5, 5.41) is 10.5. The van der Waals surface area contributed by atoms with Crippen LogP contribution in [0.5, 0.6) is 0 Å². The molecule has 0 spiro atoms. The number of nitrogens with zero attached hydrogens (tertiary/aromatic N) is 5. The average Bonchev–Trinajstić information content (AvgIpc) is 2.89. The molecule has 2 aromatic rings. The fourth-order valence-corrected chi connectivity index (χ4v) is 2.29. The number of nitrogens with one attached hydrogen (secondary N) is 2. The van der Waals surface area contributed by atoms with Crippen LogP contribution >= 0.6 is 0 Å². The minimum atomic E-state index is 0.376. The second-order valence-electron chi connectivity index (χ2n) is 5.11. The molecule has 0 bridgehead atoms. The van der Waals surface area contributed by atoms with Gasteiger partial charge in [0, 0.05) is 25.5 Å². The Bertz CT molecular complexity index is 562. The Labute approximate surface area is 117 Å². The summed E-state index contributed by atoms with van der Waals surface area (Å²) in [7, 11) is 1.79. The molecule has 0 aromatic carbocycles. The highest BCUT2D eigenvalue weighted by atomic mass is 15.4. The summed E-state index contributed by atoms with van der Waals surface area (Å²) in [5.41, 5.74) is 0. The van der Waals surface area contributed by atoms with Gasteiger partial charge in [-0.15, -0.1) is 0 Å². The predicted molar refractivity (Wildman–Crippen MR) is 76.9 cm³/mol. The molecule has 0 saturated heterocycles. The summed E-state index contributed by atoms with van der Waals surface area (Å²) in [6.07, 6.45) is 7.41. The maximum atomic E-state index is 4.43. The van der Waals surface area contributed by atoms with E-state index < -0.39 is 0 Å². The Morgan fingerprint density at radius 1 is 1.25 bits per heavy atom. The van der Waals surface area contributed by atoms with Gasteiger partial charge in [0.25, 0.3) is 5.95 Å². The Morgan fingerprint density at radius 2 is 2.05 bits per heavy atom. The molecule has 1 atom stereocenters. The van der Waals surface area contributed by atoms with Gasteiger partial charge in [-0.25, -0.2) is 4.68 Å². The van der Waals surface area contributed by atoms with Crippen LogP contribution < -0.4 is 10.6 Å². The van der Waals surface area contributed by atoms with Gasteiger partial charge in [-0.2, -0.15) is 20.1 Å². The highest BCUT2D eigenvalue weighted by Gasteiger charge is 2.24. The van der Waals surface area contributed by atoms with Crippen molar-refractivity contribution < 1.29 is 0 Å². The third-order valence-electron chi connectivity index (χ3n) is 3.77. The van der Waals surface area contributed by atoms with Crippen LogP contribution in [0, 0.1) is 5.92 Å². The molecule has 0 radical (unpaired) electrons. The van der Waals surface area contributed by atoms with Crippen molar-refractivity contribution in [3.63, 3.8) is 0 Å². The minimum Gasteiger partial charge on any atom is -0.357 e. The van der Waals surface area contributed by atoms with Crippen molar-refractivity contribution in [2.24, 2.45) is 5.92 Å². The first-order valence-corrected chi connectivity index (χ1v) is 6.96. The van der Waals surface area contributed by atoms with Crippen molar-refractivity contribution in [3.05, 3.63) is 18.5 Å². The second-order valence-corrected chi connectivity index (χ2v) is 5.11. The number of rotatable bonds is 5. The van der Waals surface area contributed by atoms with Gasteiger partial charge >= 0.3 is 0 Å². The van der Waals surface area contributed by atoms with Crippen LogP contribution in [-0.4, -0.2) is 37.8 Å². The van der Waals surface area contributed by atoms with Crippen molar-refractivity contribution >= 4 is 11.9 Å². The van der Waals surface area contributed by atoms with E-state index in [1.165, 1.54) is 19.3 Å². The first-order chi connectivity index (χ1) is 9.76. The molecule has 3 rings (SSSR count). The van der Waals surface area contributed by atoms with Crippen molar-refractivity contribution in [2.75, 3.05) is 17.7 Å². The van der Waals surface area contributed by atoms with Crippen molar-refractivity contribution in [1.29, 1.82) is 0 Å². The smallest absolute Gasteiger partial charge is 0.257 e. The Morgan fingerprint density at radius 3 is 2.65 bits per heavy atom. The molecule has 2 heterocycles. The normalized spacial score (nSPS) is 16.5. The fourth-order valence-electron chi connectivity index (χ4n) is 2.29. The third kappa shape index (κ3) is 2.56. The van der Waals surface area contributed by atoms with E-state index in [9.17, 15) is 0 Å². The first-order valence-electron chi connectivity index (χ1n) is 6.96. The van der Waals surface area contributed by atoms with Gasteiger partial charge in [0.1, 0.15) is 0 Å². The fraction of sp³-hybridized carbons (Fsp3) is 0.538. The van der Waals surface area contributed by atoms with Crippen LogP contribution in [-0.2, 0) is 0 Å². The van der Waals surface area contributed by atoms with Gasteiger partial charge in [0.05, 0.1) is 0 Å². The summed E-state index contributed by atoms with van der Waals surface area (Å²) >= 11 is 0. The van der Waals surface area contributed by atoms with Crippen molar-refractivity contribution in [2.45, 2.75) is 32.2 Å². The first kappa shape index (κ1) is 12.8. The van der Waals surface area contributed by atoms with Gasteiger partial charge in [-0.1, -0.05) is 6.42 Å². The van der Waals surface area contributed by atoms with E-state index in [4.69, 9.17) is 0 Å². The molecular weight excluding hydrogens is 254 g/mol. The zero-order valence-corrected chi connectivity index (χ0v) is 11.7. The molecule has 0 aliphatic heterocycles. The largest absolute Gasteiger partial charge is 0.357 e. The summed E-state index contributed by atoms with van der Waals surface area (Å²) in [4.78, 5) is 13.1. The highest BCUT2D eigenvalue weighted by molar-refractivity contribution is 5.38. The van der Waals surface area contributed by atoms with Crippen LogP contribution in [0.25, 0.3) is 5.95 Å². The van der Waals surface area contributed by atoms with Crippen molar-refractivity contribution in [3.8, 4) is 5.95 Å². The third-order valence-corrected chi connectivity index (χ3v) is 3.77. The topological polar surface area (TPSA) is 80.5 Å². The molecule has 1 aliphatic carbocycles. The molecule has 20 heavy (non-hydrogen) atoms. The summed E-state index contributed by atoms with van der Waals surface area (Å²) in [5.74, 6) is 2.36. The van der Waals surface area contributed by atoms with Gasteiger partial charge in [0.2, 0.25) is 11.9 Å². The lowest BCUT2D eigenvalue weighted by atomic mass is 9.80. The zero-order valence-electron chi connectivity index (χ0n) is 11.7. The van der Waals surface area contributed by atoms with E-state index in [0.717, 1.165) is 5.92 Å². The highest BCUT2D eigenvalue weighted by Crippen LogP contribution is 2.30. The lowest BCUT2D eigenvalue weighted by molar-refractivity contribution is 0.284. The molecule has 7 heteroatoms. The van der Waals surface area contributed by atoms with Crippen LogP contribution in [0.4, 0.5) is 11.9 Å². The molecule has 0 amide bonds. The maximum Gasteiger partial charge on any atom is 0.257 e. The summed E-state index contributed by atoms with van der Waals surface area (Å²) in [6, 6.07) is 2.22. The van der Waals surface area contributed by atoms with Gasteiger partial charge in [0.15, 0.2) is 0 Å². The number of anilines is 2. The SMILES string of the molecule is CNc1nc(NC(C)C2CCC2)nc(-n2cccn2)n1. The average molecular weight is 273 g/mol. The number of hydrogen-bond donors (Lipinski definition) is 2. The minimum absolute atomic E-state index is 0.376. The lowest BCUT2D eigenvalue weighted by Crippen LogP contribution is -2.31. The zero-order chi connectivity index (χ0) is 13.9. The summed E-state index contributed by atoms with van der Waals surface area (Å²) in [6.45, 7) is 2.18.